The fourth-order valence-corrected chi connectivity index (χ4v) is 2.47. The van der Waals surface area contributed by atoms with E-state index in [1.165, 1.54) is 25.3 Å². The molecular formula is C15H21FN2O. The first-order valence-electron chi connectivity index (χ1n) is 6.89. The van der Waals surface area contributed by atoms with E-state index in [9.17, 15) is 9.18 Å². The number of nitrogens with one attached hydrogen (secondary N) is 1. The van der Waals surface area contributed by atoms with Gasteiger partial charge in [0.2, 0.25) is 0 Å². The number of rotatable bonds is 5. The van der Waals surface area contributed by atoms with Crippen molar-refractivity contribution in [1.29, 1.82) is 0 Å². The summed E-state index contributed by atoms with van der Waals surface area (Å²) in [4.78, 5) is 13.9. The number of carbonyl (C=O) groups excluding carboxylic acids is 1. The Hall–Kier alpha value is -1.26. The first-order valence-corrected chi connectivity index (χ1v) is 6.89. The topological polar surface area (TPSA) is 32.3 Å². The molecule has 19 heavy (non-hydrogen) atoms. The van der Waals surface area contributed by atoms with Crippen LogP contribution in [-0.2, 0) is 6.54 Å². The summed E-state index contributed by atoms with van der Waals surface area (Å²) in [6, 6.07) is 4.83. The van der Waals surface area contributed by atoms with Crippen LogP contribution in [0.4, 0.5) is 4.39 Å². The summed E-state index contributed by atoms with van der Waals surface area (Å²) < 4.78 is 14.0. The van der Waals surface area contributed by atoms with Gasteiger partial charge in [-0.25, -0.2) is 4.39 Å². The number of likely N-dealkylation sites (tertiary alicyclic amines) is 1. The number of hydrogen-bond acceptors (Lipinski definition) is 3. The van der Waals surface area contributed by atoms with Gasteiger partial charge in [-0.1, -0.05) is 18.6 Å². The summed E-state index contributed by atoms with van der Waals surface area (Å²) in [7, 11) is 1.71. The third-order valence-corrected chi connectivity index (χ3v) is 3.56. The Kier molecular flexibility index (Phi) is 5.05. The fraction of sp³-hybridized carbons (Fsp3) is 0.533. The average molecular weight is 264 g/mol. The van der Waals surface area contributed by atoms with Crippen LogP contribution < -0.4 is 5.32 Å². The third-order valence-electron chi connectivity index (χ3n) is 3.56. The van der Waals surface area contributed by atoms with Crippen molar-refractivity contribution in [2.45, 2.75) is 25.8 Å². The summed E-state index contributed by atoms with van der Waals surface area (Å²) >= 11 is 0. The number of likely N-dealkylation sites (N-methyl/N-ethyl adjacent to an activating group) is 1. The molecule has 1 aliphatic heterocycles. The lowest BCUT2D eigenvalue weighted by Gasteiger charge is -2.26. The highest BCUT2D eigenvalue weighted by Gasteiger charge is 2.14. The lowest BCUT2D eigenvalue weighted by molar-refractivity contribution is 0.0993. The van der Waals surface area contributed by atoms with Crippen LogP contribution in [0.15, 0.2) is 18.2 Å². The number of hydrogen-bond donors (Lipinski definition) is 1. The standard InChI is InChI=1S/C15H21FN2O/c1-17-10-15(19)12-5-6-13(14(16)9-12)11-18-7-3-2-4-8-18/h5-6,9,17H,2-4,7-8,10-11H2,1H3. The van der Waals surface area contributed by atoms with Crippen molar-refractivity contribution in [2.24, 2.45) is 0 Å². The van der Waals surface area contributed by atoms with Gasteiger partial charge >= 0.3 is 0 Å². The van der Waals surface area contributed by atoms with Crippen molar-refractivity contribution in [3.05, 3.63) is 35.1 Å². The van der Waals surface area contributed by atoms with Crippen LogP contribution >= 0.6 is 0 Å². The maximum Gasteiger partial charge on any atom is 0.176 e. The highest BCUT2D eigenvalue weighted by molar-refractivity contribution is 5.97. The molecule has 4 heteroatoms. The molecule has 1 aromatic rings. The van der Waals surface area contributed by atoms with E-state index >= 15 is 0 Å². The van der Waals surface area contributed by atoms with Crippen LogP contribution in [0.3, 0.4) is 0 Å². The summed E-state index contributed by atoms with van der Waals surface area (Å²) in [5.41, 5.74) is 1.12. The van der Waals surface area contributed by atoms with Crippen molar-refractivity contribution in [2.75, 3.05) is 26.7 Å². The zero-order valence-corrected chi connectivity index (χ0v) is 11.4. The van der Waals surface area contributed by atoms with Gasteiger partial charge in [-0.3, -0.25) is 9.69 Å². The summed E-state index contributed by atoms with van der Waals surface area (Å²) in [5, 5.41) is 2.79. The molecule has 1 saturated heterocycles. The first-order chi connectivity index (χ1) is 9.20. The molecule has 3 nitrogen and oxygen atoms in total. The minimum Gasteiger partial charge on any atom is -0.313 e. The van der Waals surface area contributed by atoms with Crippen molar-refractivity contribution in [3.8, 4) is 0 Å². The van der Waals surface area contributed by atoms with E-state index in [4.69, 9.17) is 0 Å². The third kappa shape index (κ3) is 3.85. The second-order valence-corrected chi connectivity index (χ2v) is 5.10. The van der Waals surface area contributed by atoms with Gasteiger partial charge in [0.25, 0.3) is 0 Å². The molecule has 104 valence electrons. The van der Waals surface area contributed by atoms with Gasteiger partial charge < -0.3 is 5.32 Å². The quantitative estimate of drug-likeness (QED) is 0.828. The number of nitrogens with zero attached hydrogens (tertiary/aromatic N) is 1. The number of halogens is 1. The second kappa shape index (κ2) is 6.78. The maximum atomic E-state index is 14.0. The van der Waals surface area contributed by atoms with Gasteiger partial charge in [-0.05, 0) is 39.0 Å². The lowest BCUT2D eigenvalue weighted by Crippen LogP contribution is -2.29. The molecule has 0 aliphatic carbocycles. The largest absolute Gasteiger partial charge is 0.313 e. The summed E-state index contributed by atoms with van der Waals surface area (Å²) in [6.45, 7) is 2.97. The Morgan fingerprint density at radius 3 is 2.68 bits per heavy atom. The van der Waals surface area contributed by atoms with Gasteiger partial charge in [0.15, 0.2) is 5.78 Å². The number of carbonyl (C=O) groups is 1. The Labute approximate surface area is 113 Å². The van der Waals surface area contributed by atoms with Gasteiger partial charge in [-0.15, -0.1) is 0 Å². The Morgan fingerprint density at radius 2 is 2.05 bits per heavy atom. The van der Waals surface area contributed by atoms with E-state index < -0.39 is 0 Å². The smallest absolute Gasteiger partial charge is 0.176 e. The average Bonchev–Trinajstić information content (AvgIpc) is 2.42. The molecule has 1 aliphatic rings. The minimum atomic E-state index is -0.271. The van der Waals surface area contributed by atoms with Crippen LogP contribution in [0.2, 0.25) is 0 Å². The van der Waals surface area contributed by atoms with Gasteiger partial charge in [0, 0.05) is 17.7 Å². The van der Waals surface area contributed by atoms with Crippen molar-refractivity contribution in [3.63, 3.8) is 0 Å². The van der Waals surface area contributed by atoms with E-state index in [-0.39, 0.29) is 18.1 Å². The van der Waals surface area contributed by atoms with Crippen LogP contribution in [0.5, 0.6) is 0 Å². The molecule has 1 N–H and O–H groups in total. The zero-order valence-electron chi connectivity index (χ0n) is 11.4. The Balaban J connectivity index is 2.04. The molecule has 0 unspecified atom stereocenters. The van der Waals surface area contributed by atoms with E-state index in [0.29, 0.717) is 17.7 Å². The number of Topliss-reactive ketones (excluding diaryl/α,β-unsaturated/α-hetero) is 1. The molecule has 1 fully saturated rings. The van der Waals surface area contributed by atoms with E-state index in [1.807, 2.05) is 0 Å². The highest BCUT2D eigenvalue weighted by Crippen LogP contribution is 2.16. The number of benzene rings is 1. The van der Waals surface area contributed by atoms with E-state index in [2.05, 4.69) is 10.2 Å². The predicted molar refractivity (Wildman–Crippen MR) is 73.8 cm³/mol. The van der Waals surface area contributed by atoms with Gasteiger partial charge in [0.1, 0.15) is 5.82 Å². The van der Waals surface area contributed by atoms with Crippen molar-refractivity contribution < 1.29 is 9.18 Å². The van der Waals surface area contributed by atoms with E-state index in [0.717, 1.165) is 13.1 Å². The lowest BCUT2D eigenvalue weighted by atomic mass is 10.1. The highest BCUT2D eigenvalue weighted by atomic mass is 19.1. The fourth-order valence-electron chi connectivity index (χ4n) is 2.47. The second-order valence-electron chi connectivity index (χ2n) is 5.10. The molecule has 0 bridgehead atoms. The molecular weight excluding hydrogens is 243 g/mol. The molecule has 0 atom stereocenters. The summed E-state index contributed by atoms with van der Waals surface area (Å²) in [6.07, 6.45) is 3.66. The molecule has 0 radical (unpaired) electrons. The van der Waals surface area contributed by atoms with Gasteiger partial charge in [-0.2, -0.15) is 0 Å². The maximum absolute atomic E-state index is 14.0. The molecule has 2 rings (SSSR count). The molecule has 0 aromatic heterocycles. The molecule has 0 amide bonds. The van der Waals surface area contributed by atoms with Crippen molar-refractivity contribution >= 4 is 5.78 Å². The van der Waals surface area contributed by atoms with Crippen LogP contribution in [0.25, 0.3) is 0 Å². The Bertz CT molecular complexity index is 442. The zero-order chi connectivity index (χ0) is 13.7. The predicted octanol–water partition coefficient (Wildman–Crippen LogP) is 2.21. The molecule has 0 saturated carbocycles. The van der Waals surface area contributed by atoms with Gasteiger partial charge in [0.05, 0.1) is 6.54 Å². The van der Waals surface area contributed by atoms with Crippen LogP contribution in [0.1, 0.15) is 35.2 Å². The Morgan fingerprint density at radius 1 is 1.32 bits per heavy atom. The summed E-state index contributed by atoms with van der Waals surface area (Å²) in [5.74, 6) is -0.349. The van der Waals surface area contributed by atoms with Crippen molar-refractivity contribution in [1.82, 2.24) is 10.2 Å². The van der Waals surface area contributed by atoms with Crippen LogP contribution in [-0.4, -0.2) is 37.4 Å². The number of ketones is 1. The molecule has 1 heterocycles. The SMILES string of the molecule is CNCC(=O)c1ccc(CN2CCCCC2)c(F)c1. The monoisotopic (exact) mass is 264 g/mol. The minimum absolute atomic E-state index is 0.0778. The molecule has 0 spiro atoms. The first kappa shape index (κ1) is 14.2. The molecule has 1 aromatic carbocycles. The van der Waals surface area contributed by atoms with E-state index in [1.54, 1.807) is 19.2 Å². The normalized spacial score (nSPS) is 16.5. The van der Waals surface area contributed by atoms with Crippen LogP contribution in [0, 0.1) is 5.82 Å². The number of piperidine rings is 1.